The summed E-state index contributed by atoms with van der Waals surface area (Å²) in [5.74, 6) is -0.164. The minimum atomic E-state index is -0.164. The van der Waals surface area contributed by atoms with Crippen LogP contribution in [-0.4, -0.2) is 18.6 Å². The van der Waals surface area contributed by atoms with E-state index in [1.807, 2.05) is 38.1 Å². The number of benzene rings is 2. The minimum Gasteiger partial charge on any atom is -0.466 e. The fourth-order valence-electron chi connectivity index (χ4n) is 2.14. The first-order valence-corrected chi connectivity index (χ1v) is 6.60. The molecule has 0 aliphatic heterocycles. The molecule has 1 unspecified atom stereocenters. The van der Waals surface area contributed by atoms with E-state index in [0.717, 1.165) is 5.69 Å². The van der Waals surface area contributed by atoms with Crippen LogP contribution in [0.25, 0.3) is 10.8 Å². The first-order valence-electron chi connectivity index (χ1n) is 6.60. The number of fused-ring (bicyclic) bond motifs is 1. The summed E-state index contributed by atoms with van der Waals surface area (Å²) in [4.78, 5) is 11.4. The molecular weight excluding hydrogens is 238 g/mol. The predicted octanol–water partition coefficient (Wildman–Crippen LogP) is 3.59. The number of esters is 1. The smallest absolute Gasteiger partial charge is 0.307 e. The molecule has 0 amide bonds. The Morgan fingerprint density at radius 3 is 2.74 bits per heavy atom. The van der Waals surface area contributed by atoms with Gasteiger partial charge in [0.2, 0.25) is 0 Å². The highest BCUT2D eigenvalue weighted by Gasteiger charge is 2.10. The maximum Gasteiger partial charge on any atom is 0.307 e. The molecule has 0 radical (unpaired) electrons. The molecule has 0 saturated carbocycles. The molecule has 2 aromatic rings. The van der Waals surface area contributed by atoms with Gasteiger partial charge in [0, 0.05) is 17.1 Å². The average Bonchev–Trinajstić information content (AvgIpc) is 2.39. The third-order valence-electron chi connectivity index (χ3n) is 2.97. The van der Waals surface area contributed by atoms with E-state index in [1.54, 1.807) is 0 Å². The monoisotopic (exact) mass is 257 g/mol. The Hall–Kier alpha value is -2.03. The molecule has 0 aliphatic rings. The van der Waals surface area contributed by atoms with Gasteiger partial charge < -0.3 is 10.1 Å². The summed E-state index contributed by atoms with van der Waals surface area (Å²) >= 11 is 0. The van der Waals surface area contributed by atoms with Gasteiger partial charge in [-0.15, -0.1) is 0 Å². The van der Waals surface area contributed by atoms with Crippen molar-refractivity contribution >= 4 is 22.4 Å². The zero-order valence-electron chi connectivity index (χ0n) is 11.3. The van der Waals surface area contributed by atoms with Crippen LogP contribution in [0.3, 0.4) is 0 Å². The molecule has 0 fully saturated rings. The number of carbonyl (C=O) groups is 1. The third kappa shape index (κ3) is 3.47. The number of anilines is 1. The van der Waals surface area contributed by atoms with Crippen molar-refractivity contribution in [2.24, 2.45) is 0 Å². The van der Waals surface area contributed by atoms with Crippen LogP contribution in [0.1, 0.15) is 20.3 Å². The summed E-state index contributed by atoms with van der Waals surface area (Å²) in [5.41, 5.74) is 1.05. The molecule has 0 aliphatic carbocycles. The van der Waals surface area contributed by atoms with Gasteiger partial charge in [0.25, 0.3) is 0 Å². The van der Waals surface area contributed by atoms with Gasteiger partial charge in [-0.2, -0.15) is 0 Å². The highest BCUT2D eigenvalue weighted by molar-refractivity contribution is 5.94. The van der Waals surface area contributed by atoms with Crippen LogP contribution < -0.4 is 5.32 Å². The number of carbonyl (C=O) groups excluding carboxylic acids is 1. The normalized spacial score (nSPS) is 12.1. The molecule has 0 spiro atoms. The van der Waals surface area contributed by atoms with Crippen LogP contribution in [0.5, 0.6) is 0 Å². The maximum absolute atomic E-state index is 11.4. The number of hydrogen-bond donors (Lipinski definition) is 1. The van der Waals surface area contributed by atoms with Gasteiger partial charge in [-0.25, -0.2) is 0 Å². The van der Waals surface area contributed by atoms with Crippen molar-refractivity contribution in [1.82, 2.24) is 0 Å². The third-order valence-corrected chi connectivity index (χ3v) is 2.97. The van der Waals surface area contributed by atoms with Crippen molar-refractivity contribution < 1.29 is 9.53 Å². The second kappa shape index (κ2) is 6.23. The number of nitrogens with one attached hydrogen (secondary N) is 1. The van der Waals surface area contributed by atoms with E-state index in [-0.39, 0.29) is 12.0 Å². The molecule has 0 heterocycles. The quantitative estimate of drug-likeness (QED) is 0.832. The SMILES string of the molecule is CCOC(=O)CC(C)Nc1cccc2ccccc12. The molecule has 3 heteroatoms. The number of ether oxygens (including phenoxy) is 1. The Balaban J connectivity index is 2.10. The Morgan fingerprint density at radius 1 is 1.21 bits per heavy atom. The van der Waals surface area contributed by atoms with Gasteiger partial charge in [-0.05, 0) is 25.3 Å². The maximum atomic E-state index is 11.4. The minimum absolute atomic E-state index is 0.0462. The van der Waals surface area contributed by atoms with Crippen molar-refractivity contribution in [3.63, 3.8) is 0 Å². The van der Waals surface area contributed by atoms with Crippen LogP contribution >= 0.6 is 0 Å². The van der Waals surface area contributed by atoms with Crippen LogP contribution in [0.15, 0.2) is 42.5 Å². The van der Waals surface area contributed by atoms with E-state index in [0.29, 0.717) is 13.0 Å². The van der Waals surface area contributed by atoms with Crippen molar-refractivity contribution in [1.29, 1.82) is 0 Å². The largest absolute Gasteiger partial charge is 0.466 e. The number of rotatable bonds is 5. The summed E-state index contributed by atoms with van der Waals surface area (Å²) in [6, 6.07) is 14.4. The van der Waals surface area contributed by atoms with E-state index in [4.69, 9.17) is 4.74 Å². The molecule has 100 valence electrons. The van der Waals surface area contributed by atoms with E-state index >= 15 is 0 Å². The molecule has 0 saturated heterocycles. The average molecular weight is 257 g/mol. The lowest BCUT2D eigenvalue weighted by Crippen LogP contribution is -2.21. The van der Waals surface area contributed by atoms with Crippen molar-refractivity contribution in [2.75, 3.05) is 11.9 Å². The lowest BCUT2D eigenvalue weighted by molar-refractivity contribution is -0.143. The first kappa shape index (κ1) is 13.4. The topological polar surface area (TPSA) is 38.3 Å². The van der Waals surface area contributed by atoms with Gasteiger partial charge in [-0.1, -0.05) is 36.4 Å². The molecule has 19 heavy (non-hydrogen) atoms. The number of hydrogen-bond acceptors (Lipinski definition) is 3. The summed E-state index contributed by atoms with van der Waals surface area (Å²) in [5, 5.41) is 5.73. The second-order valence-electron chi connectivity index (χ2n) is 4.58. The molecule has 3 nitrogen and oxygen atoms in total. The van der Waals surface area contributed by atoms with Gasteiger partial charge in [0.15, 0.2) is 0 Å². The van der Waals surface area contributed by atoms with Gasteiger partial charge in [0.05, 0.1) is 13.0 Å². The van der Waals surface area contributed by atoms with E-state index in [2.05, 4.69) is 23.5 Å². The lowest BCUT2D eigenvalue weighted by atomic mass is 10.1. The Labute approximate surface area is 113 Å². The van der Waals surface area contributed by atoms with Crippen molar-refractivity contribution in [3.05, 3.63) is 42.5 Å². The molecule has 1 atom stereocenters. The standard InChI is InChI=1S/C16H19NO2/c1-3-19-16(18)11-12(2)17-15-10-6-8-13-7-4-5-9-14(13)15/h4-10,12,17H,3,11H2,1-2H3. The van der Waals surface area contributed by atoms with Crippen LogP contribution in [-0.2, 0) is 9.53 Å². The molecule has 1 N–H and O–H groups in total. The predicted molar refractivity (Wildman–Crippen MR) is 78.3 cm³/mol. The molecular formula is C16H19NO2. The highest BCUT2D eigenvalue weighted by atomic mass is 16.5. The summed E-state index contributed by atoms with van der Waals surface area (Å²) < 4.78 is 4.96. The Morgan fingerprint density at radius 2 is 1.95 bits per heavy atom. The molecule has 2 rings (SSSR count). The van der Waals surface area contributed by atoms with E-state index < -0.39 is 0 Å². The van der Waals surface area contributed by atoms with Crippen LogP contribution in [0.2, 0.25) is 0 Å². The van der Waals surface area contributed by atoms with Gasteiger partial charge in [-0.3, -0.25) is 4.79 Å². The van der Waals surface area contributed by atoms with Crippen LogP contribution in [0, 0.1) is 0 Å². The van der Waals surface area contributed by atoms with Crippen molar-refractivity contribution in [3.8, 4) is 0 Å². The van der Waals surface area contributed by atoms with Gasteiger partial charge >= 0.3 is 5.97 Å². The summed E-state index contributed by atoms with van der Waals surface area (Å²) in [6.07, 6.45) is 0.372. The molecule has 0 aromatic heterocycles. The van der Waals surface area contributed by atoms with E-state index in [1.165, 1.54) is 10.8 Å². The fraction of sp³-hybridized carbons (Fsp3) is 0.312. The van der Waals surface area contributed by atoms with Gasteiger partial charge in [0.1, 0.15) is 0 Å². The zero-order chi connectivity index (χ0) is 13.7. The zero-order valence-corrected chi connectivity index (χ0v) is 11.3. The summed E-state index contributed by atoms with van der Waals surface area (Å²) in [6.45, 7) is 4.24. The Kier molecular flexibility index (Phi) is 4.39. The molecule has 0 bridgehead atoms. The second-order valence-corrected chi connectivity index (χ2v) is 4.58. The Bertz CT molecular complexity index is 560. The van der Waals surface area contributed by atoms with Crippen molar-refractivity contribution in [2.45, 2.75) is 26.3 Å². The fourth-order valence-corrected chi connectivity index (χ4v) is 2.14. The van der Waals surface area contributed by atoms with E-state index in [9.17, 15) is 4.79 Å². The summed E-state index contributed by atoms with van der Waals surface area (Å²) in [7, 11) is 0. The molecule has 2 aromatic carbocycles. The lowest BCUT2D eigenvalue weighted by Gasteiger charge is -2.16. The first-order chi connectivity index (χ1) is 9.20. The van der Waals surface area contributed by atoms with Crippen LogP contribution in [0.4, 0.5) is 5.69 Å². The highest BCUT2D eigenvalue weighted by Crippen LogP contribution is 2.23.